The van der Waals surface area contributed by atoms with Gasteiger partial charge >= 0.3 is 0 Å². The molecule has 5 unspecified atom stereocenters. The smallest absolute Gasteiger partial charge is 0.272 e. The summed E-state index contributed by atoms with van der Waals surface area (Å²) in [5.41, 5.74) is 1.34. The van der Waals surface area contributed by atoms with Crippen LogP contribution in [0.3, 0.4) is 0 Å². The number of aliphatic hydroxyl groups excluding tert-OH is 4. The predicted molar refractivity (Wildman–Crippen MR) is 144 cm³/mol. The van der Waals surface area contributed by atoms with Crippen LogP contribution in [0.5, 0.6) is 5.88 Å². The minimum atomic E-state index is -4.41. The summed E-state index contributed by atoms with van der Waals surface area (Å²) < 4.78 is 39.7. The first-order valence-electron chi connectivity index (χ1n) is 12.4. The fraction of sp³-hybridized carbons (Fsp3) is 0.577. The summed E-state index contributed by atoms with van der Waals surface area (Å²) in [5, 5.41) is 39.7. The number of nitrogens with zero attached hydrogens (tertiary/aromatic N) is 1. The minimum Gasteiger partial charge on any atom is -0.478 e. The average molecular weight is 605 g/mol. The monoisotopic (exact) mass is 603 g/mol. The van der Waals surface area contributed by atoms with Crippen LogP contribution < -0.4 is 4.74 Å². The van der Waals surface area contributed by atoms with Crippen LogP contribution in [0, 0.1) is 6.92 Å². The van der Waals surface area contributed by atoms with Crippen molar-refractivity contribution in [2.75, 3.05) is 6.61 Å². The molecule has 208 valence electrons. The lowest BCUT2D eigenvalue weighted by Gasteiger charge is -2.20. The van der Waals surface area contributed by atoms with E-state index in [4.69, 9.17) is 4.74 Å². The van der Waals surface area contributed by atoms with Crippen LogP contribution >= 0.6 is 15.9 Å². The fourth-order valence-corrected chi connectivity index (χ4v) is 5.21. The largest absolute Gasteiger partial charge is 0.478 e. The van der Waals surface area contributed by atoms with Gasteiger partial charge in [-0.25, -0.2) is 4.98 Å². The SMILES string of the molecule is Cc1ccc(C(CC(O)CCC(O)CCC(O)CCC(O)CCOc2cc(Br)ccn2)S(=O)(=O)O)cc1. The molecule has 0 aliphatic rings. The van der Waals surface area contributed by atoms with Crippen LogP contribution in [0.4, 0.5) is 0 Å². The Morgan fingerprint density at radius 3 is 1.86 bits per heavy atom. The number of ether oxygens (including phenoxy) is 1. The highest BCUT2D eigenvalue weighted by Crippen LogP contribution is 2.28. The second-order valence-electron chi connectivity index (χ2n) is 9.45. The molecule has 0 bridgehead atoms. The van der Waals surface area contributed by atoms with Crippen molar-refractivity contribution in [2.24, 2.45) is 0 Å². The molecule has 0 fully saturated rings. The topological polar surface area (TPSA) is 157 Å². The van der Waals surface area contributed by atoms with Crippen LogP contribution in [-0.2, 0) is 10.1 Å². The maximum absolute atomic E-state index is 11.9. The van der Waals surface area contributed by atoms with Crippen molar-refractivity contribution < 1.29 is 38.1 Å². The normalized spacial score (nSPS) is 16.1. The van der Waals surface area contributed by atoms with Crippen LogP contribution in [-0.4, -0.2) is 69.4 Å². The zero-order valence-electron chi connectivity index (χ0n) is 21.0. The summed E-state index contributed by atoms with van der Waals surface area (Å²) in [5.74, 6) is 0.462. The number of rotatable bonds is 17. The molecule has 1 aromatic carbocycles. The summed E-state index contributed by atoms with van der Waals surface area (Å²) in [6.07, 6.45) is 0.485. The molecule has 5 N–H and O–H groups in total. The van der Waals surface area contributed by atoms with Gasteiger partial charge in [0, 0.05) is 23.2 Å². The summed E-state index contributed by atoms with van der Waals surface area (Å²) in [4.78, 5) is 4.07. The van der Waals surface area contributed by atoms with Gasteiger partial charge in [0.05, 0.1) is 31.0 Å². The van der Waals surface area contributed by atoms with Crippen molar-refractivity contribution in [3.8, 4) is 5.88 Å². The van der Waals surface area contributed by atoms with Gasteiger partial charge in [0.1, 0.15) is 5.25 Å². The molecule has 37 heavy (non-hydrogen) atoms. The lowest BCUT2D eigenvalue weighted by Crippen LogP contribution is -2.21. The van der Waals surface area contributed by atoms with Crippen molar-refractivity contribution >= 4 is 26.0 Å². The summed E-state index contributed by atoms with van der Waals surface area (Å²) >= 11 is 3.33. The van der Waals surface area contributed by atoms with E-state index in [1.54, 1.807) is 42.6 Å². The lowest BCUT2D eigenvalue weighted by molar-refractivity contribution is 0.0705. The number of aliphatic hydroxyl groups is 4. The third kappa shape index (κ3) is 12.7. The molecule has 0 amide bonds. The van der Waals surface area contributed by atoms with E-state index in [9.17, 15) is 33.4 Å². The highest BCUT2D eigenvalue weighted by Gasteiger charge is 2.28. The number of pyridine rings is 1. The summed E-state index contributed by atoms with van der Waals surface area (Å²) in [6.45, 7) is 2.16. The molecule has 0 spiro atoms. The highest BCUT2D eigenvalue weighted by atomic mass is 79.9. The molecular formula is C26H38BrNO8S. The average Bonchev–Trinajstić information content (AvgIpc) is 2.83. The van der Waals surface area contributed by atoms with Crippen molar-refractivity contribution in [3.63, 3.8) is 0 Å². The van der Waals surface area contributed by atoms with Gasteiger partial charge in [-0.05, 0) is 63.5 Å². The van der Waals surface area contributed by atoms with Crippen LogP contribution in [0.1, 0.15) is 67.7 Å². The zero-order valence-corrected chi connectivity index (χ0v) is 23.4. The number of aromatic nitrogens is 1. The molecule has 1 heterocycles. The Morgan fingerprint density at radius 1 is 0.838 bits per heavy atom. The maximum Gasteiger partial charge on any atom is 0.272 e. The van der Waals surface area contributed by atoms with Gasteiger partial charge in [-0.3, -0.25) is 4.55 Å². The Morgan fingerprint density at radius 2 is 1.35 bits per heavy atom. The maximum atomic E-state index is 11.9. The highest BCUT2D eigenvalue weighted by molar-refractivity contribution is 9.10. The number of hydrogen-bond donors (Lipinski definition) is 5. The standard InChI is InChI=1S/C26H38BrNO8S/c1-18-2-4-19(5-3-18)25(37(33,34)35)17-24(32)11-10-22(30)7-6-21(29)8-9-23(31)13-15-36-26-16-20(27)12-14-28-26/h2-5,12,14,16,21-25,29-32H,6-11,13,15,17H2,1H3,(H,33,34,35). The summed E-state index contributed by atoms with van der Waals surface area (Å²) in [6, 6.07) is 10.2. The van der Waals surface area contributed by atoms with Gasteiger partial charge in [0.2, 0.25) is 5.88 Å². The second-order valence-corrected chi connectivity index (χ2v) is 12.0. The van der Waals surface area contributed by atoms with Crippen molar-refractivity contribution in [1.82, 2.24) is 4.98 Å². The van der Waals surface area contributed by atoms with Gasteiger partial charge in [-0.2, -0.15) is 8.42 Å². The molecule has 0 aliphatic heterocycles. The minimum absolute atomic E-state index is 0.153. The Bertz CT molecular complexity index is 1040. The Kier molecular flexibility index (Phi) is 13.4. The van der Waals surface area contributed by atoms with E-state index in [0.717, 1.165) is 10.0 Å². The van der Waals surface area contributed by atoms with Gasteiger partial charge < -0.3 is 25.2 Å². The first kappa shape index (κ1) is 31.6. The molecule has 9 nitrogen and oxygen atoms in total. The fourth-order valence-electron chi connectivity index (χ4n) is 3.93. The van der Waals surface area contributed by atoms with Crippen molar-refractivity contribution in [3.05, 3.63) is 58.2 Å². The summed E-state index contributed by atoms with van der Waals surface area (Å²) in [7, 11) is -4.41. The first-order valence-corrected chi connectivity index (χ1v) is 14.7. The van der Waals surface area contributed by atoms with E-state index in [-0.39, 0.29) is 19.3 Å². The van der Waals surface area contributed by atoms with Crippen LogP contribution in [0.2, 0.25) is 0 Å². The zero-order chi connectivity index (χ0) is 27.4. The Labute approximate surface area is 227 Å². The van der Waals surface area contributed by atoms with Gasteiger partial charge in [0.15, 0.2) is 0 Å². The third-order valence-electron chi connectivity index (χ3n) is 6.19. The first-order chi connectivity index (χ1) is 17.4. The van der Waals surface area contributed by atoms with Crippen LogP contribution in [0.25, 0.3) is 0 Å². The molecule has 1 aromatic heterocycles. The molecule has 0 radical (unpaired) electrons. The van der Waals surface area contributed by atoms with E-state index in [2.05, 4.69) is 20.9 Å². The molecule has 0 saturated heterocycles. The molecular weight excluding hydrogens is 566 g/mol. The van der Waals surface area contributed by atoms with Gasteiger partial charge in [-0.1, -0.05) is 45.8 Å². The predicted octanol–water partition coefficient (Wildman–Crippen LogP) is 3.72. The Hall–Kier alpha value is -1.60. The van der Waals surface area contributed by atoms with Crippen molar-refractivity contribution in [1.29, 1.82) is 0 Å². The van der Waals surface area contributed by atoms with Crippen molar-refractivity contribution in [2.45, 2.75) is 88.0 Å². The third-order valence-corrected chi connectivity index (χ3v) is 7.87. The molecule has 0 saturated carbocycles. The van der Waals surface area contributed by atoms with Gasteiger partial charge in [-0.15, -0.1) is 0 Å². The molecule has 2 aromatic rings. The number of aryl methyl sites for hydroxylation is 1. The lowest BCUT2D eigenvalue weighted by atomic mass is 9.98. The quantitative estimate of drug-likeness (QED) is 0.170. The Balaban J connectivity index is 1.64. The van der Waals surface area contributed by atoms with E-state index in [1.807, 2.05) is 6.92 Å². The molecule has 5 atom stereocenters. The number of hydrogen-bond acceptors (Lipinski definition) is 8. The molecule has 11 heteroatoms. The van der Waals surface area contributed by atoms with Crippen LogP contribution in [0.15, 0.2) is 47.1 Å². The number of halogens is 1. The van der Waals surface area contributed by atoms with E-state index in [0.29, 0.717) is 50.2 Å². The molecule has 2 rings (SSSR count). The number of benzene rings is 1. The molecule has 0 aliphatic carbocycles. The van der Waals surface area contributed by atoms with E-state index < -0.39 is 39.8 Å². The van der Waals surface area contributed by atoms with Gasteiger partial charge in [0.25, 0.3) is 10.1 Å². The van der Waals surface area contributed by atoms with E-state index >= 15 is 0 Å². The second kappa shape index (κ2) is 15.7. The van der Waals surface area contributed by atoms with E-state index in [1.165, 1.54) is 0 Å².